The molecule has 0 atom stereocenters. The molecule has 0 saturated carbocycles. The number of carbonyl (C=O) groups excluding carboxylic acids is 1. The molecule has 0 aliphatic rings. The third kappa shape index (κ3) is 3.01. The fraction of sp³-hybridized carbons (Fsp3) is 0.0588. The van der Waals surface area contributed by atoms with E-state index in [1.807, 2.05) is 53.4 Å². The van der Waals surface area contributed by atoms with Crippen LogP contribution in [0, 0.1) is 6.92 Å². The summed E-state index contributed by atoms with van der Waals surface area (Å²) in [5.41, 5.74) is 2.87. The second-order valence-electron chi connectivity index (χ2n) is 4.68. The Morgan fingerprint density at radius 3 is 2.67 bits per heavy atom. The van der Waals surface area contributed by atoms with Crippen LogP contribution in [0.1, 0.15) is 20.8 Å². The summed E-state index contributed by atoms with van der Waals surface area (Å²) in [5.74, 6) is 0.0139. The minimum Gasteiger partial charge on any atom is -0.306 e. The number of rotatable bonds is 4. The highest BCUT2D eigenvalue weighted by atomic mass is 32.1. The zero-order chi connectivity index (χ0) is 14.7. The van der Waals surface area contributed by atoms with Gasteiger partial charge in [-0.05, 0) is 60.4 Å². The lowest BCUT2D eigenvalue weighted by Gasteiger charge is -2.02. The monoisotopic (exact) mass is 294 g/mol. The molecule has 0 aliphatic heterocycles. The normalized spacial score (nSPS) is 11.1. The molecule has 3 nitrogen and oxygen atoms in total. The van der Waals surface area contributed by atoms with E-state index in [9.17, 15) is 4.79 Å². The zero-order valence-electron chi connectivity index (χ0n) is 11.6. The number of hydrogen-bond acceptors (Lipinski definition) is 3. The molecule has 0 saturated heterocycles. The Hall–Kier alpha value is -2.46. The first-order valence-electron chi connectivity index (χ1n) is 6.59. The molecule has 2 aromatic heterocycles. The first-order valence-corrected chi connectivity index (χ1v) is 7.47. The molecular weight excluding hydrogens is 280 g/mol. The highest BCUT2D eigenvalue weighted by molar-refractivity contribution is 7.11. The fourth-order valence-electron chi connectivity index (χ4n) is 2.01. The molecule has 4 heteroatoms. The number of aromatic nitrogens is 2. The van der Waals surface area contributed by atoms with Crippen LogP contribution in [-0.2, 0) is 0 Å². The molecule has 2 heterocycles. The summed E-state index contributed by atoms with van der Waals surface area (Å²) in [6.07, 6.45) is 8.84. The molecule has 0 unspecified atom stereocenters. The van der Waals surface area contributed by atoms with Gasteiger partial charge in [-0.1, -0.05) is 0 Å². The lowest BCUT2D eigenvalue weighted by atomic mass is 10.1. The number of aryl methyl sites for hydroxylation is 1. The number of thiophene rings is 1. The Labute approximate surface area is 127 Å². The van der Waals surface area contributed by atoms with Crippen molar-refractivity contribution in [1.29, 1.82) is 0 Å². The molecular formula is C17H14N2OS. The lowest BCUT2D eigenvalue weighted by molar-refractivity contribution is 0.104. The SMILES string of the molecule is Cc1ccsc1/C=C/C(=O)c1ccc(-n2ccnc2)cc1. The molecule has 1 aromatic carbocycles. The Balaban J connectivity index is 1.76. The van der Waals surface area contributed by atoms with Crippen LogP contribution in [0.5, 0.6) is 0 Å². The Bertz CT molecular complexity index is 767. The van der Waals surface area contributed by atoms with Crippen LogP contribution in [0.25, 0.3) is 11.8 Å². The predicted molar refractivity (Wildman–Crippen MR) is 86.0 cm³/mol. The maximum Gasteiger partial charge on any atom is 0.185 e. The topological polar surface area (TPSA) is 34.9 Å². The van der Waals surface area contributed by atoms with Gasteiger partial charge in [0.1, 0.15) is 0 Å². The summed E-state index contributed by atoms with van der Waals surface area (Å²) in [7, 11) is 0. The van der Waals surface area contributed by atoms with E-state index in [1.165, 1.54) is 5.56 Å². The summed E-state index contributed by atoms with van der Waals surface area (Å²) in [5, 5.41) is 2.03. The van der Waals surface area contributed by atoms with Crippen molar-refractivity contribution in [2.24, 2.45) is 0 Å². The van der Waals surface area contributed by atoms with Gasteiger partial charge in [0.05, 0.1) is 6.33 Å². The highest BCUT2D eigenvalue weighted by Gasteiger charge is 2.03. The van der Waals surface area contributed by atoms with Crippen molar-refractivity contribution in [1.82, 2.24) is 9.55 Å². The van der Waals surface area contributed by atoms with Crippen molar-refractivity contribution < 1.29 is 4.79 Å². The first kappa shape index (κ1) is 13.5. The highest BCUT2D eigenvalue weighted by Crippen LogP contribution is 2.18. The third-order valence-electron chi connectivity index (χ3n) is 3.24. The van der Waals surface area contributed by atoms with Gasteiger partial charge in [0.2, 0.25) is 0 Å². The summed E-state index contributed by atoms with van der Waals surface area (Å²) in [6.45, 7) is 2.04. The molecule has 0 spiro atoms. The summed E-state index contributed by atoms with van der Waals surface area (Å²) in [4.78, 5) is 17.3. The summed E-state index contributed by atoms with van der Waals surface area (Å²) >= 11 is 1.64. The molecule has 3 rings (SSSR count). The second kappa shape index (κ2) is 5.89. The van der Waals surface area contributed by atoms with Gasteiger partial charge in [-0.15, -0.1) is 11.3 Å². The van der Waals surface area contributed by atoms with Gasteiger partial charge in [-0.3, -0.25) is 4.79 Å². The van der Waals surface area contributed by atoms with E-state index >= 15 is 0 Å². The average Bonchev–Trinajstić information content (AvgIpc) is 3.17. The smallest absolute Gasteiger partial charge is 0.185 e. The van der Waals surface area contributed by atoms with Gasteiger partial charge in [0.25, 0.3) is 0 Å². The van der Waals surface area contributed by atoms with Gasteiger partial charge < -0.3 is 4.57 Å². The fourth-order valence-corrected chi connectivity index (χ4v) is 2.83. The molecule has 0 fully saturated rings. The molecule has 104 valence electrons. The minimum atomic E-state index is 0.0139. The Kier molecular flexibility index (Phi) is 3.79. The minimum absolute atomic E-state index is 0.0139. The van der Waals surface area contributed by atoms with Crippen molar-refractivity contribution >= 4 is 23.2 Å². The molecule has 21 heavy (non-hydrogen) atoms. The van der Waals surface area contributed by atoms with Crippen LogP contribution in [-0.4, -0.2) is 15.3 Å². The number of imidazole rings is 1. The van der Waals surface area contributed by atoms with Crippen molar-refractivity contribution in [3.8, 4) is 5.69 Å². The van der Waals surface area contributed by atoms with E-state index in [0.717, 1.165) is 10.6 Å². The van der Waals surface area contributed by atoms with Gasteiger partial charge in [0.15, 0.2) is 5.78 Å². The van der Waals surface area contributed by atoms with Gasteiger partial charge in [0, 0.05) is 28.5 Å². The zero-order valence-corrected chi connectivity index (χ0v) is 12.4. The predicted octanol–water partition coefficient (Wildman–Crippen LogP) is 4.14. The van der Waals surface area contributed by atoms with Crippen LogP contribution >= 0.6 is 11.3 Å². The Morgan fingerprint density at radius 2 is 2.05 bits per heavy atom. The molecule has 0 N–H and O–H groups in total. The standard InChI is InChI=1S/C17H14N2OS/c1-13-8-11-21-17(13)7-6-16(20)14-2-4-15(5-3-14)19-10-9-18-12-19/h2-12H,1H3/b7-6+. The molecule has 0 radical (unpaired) electrons. The summed E-state index contributed by atoms with van der Waals surface area (Å²) < 4.78 is 1.90. The number of ketones is 1. The summed E-state index contributed by atoms with van der Waals surface area (Å²) in [6, 6.07) is 9.56. The van der Waals surface area contributed by atoms with E-state index in [4.69, 9.17) is 0 Å². The molecule has 3 aromatic rings. The van der Waals surface area contributed by atoms with E-state index in [2.05, 4.69) is 11.1 Å². The lowest BCUT2D eigenvalue weighted by Crippen LogP contribution is -1.96. The van der Waals surface area contributed by atoms with Crippen molar-refractivity contribution in [2.45, 2.75) is 6.92 Å². The van der Waals surface area contributed by atoms with Crippen molar-refractivity contribution in [2.75, 3.05) is 0 Å². The van der Waals surface area contributed by atoms with Crippen LogP contribution in [0.4, 0.5) is 0 Å². The number of nitrogens with zero attached hydrogens (tertiary/aromatic N) is 2. The van der Waals surface area contributed by atoms with Crippen LogP contribution in [0.2, 0.25) is 0 Å². The van der Waals surface area contributed by atoms with E-state index in [1.54, 1.807) is 29.9 Å². The van der Waals surface area contributed by atoms with E-state index < -0.39 is 0 Å². The first-order chi connectivity index (χ1) is 10.2. The van der Waals surface area contributed by atoms with Crippen LogP contribution < -0.4 is 0 Å². The molecule has 0 aliphatic carbocycles. The largest absolute Gasteiger partial charge is 0.306 e. The average molecular weight is 294 g/mol. The van der Waals surface area contributed by atoms with Crippen molar-refractivity contribution in [3.63, 3.8) is 0 Å². The van der Waals surface area contributed by atoms with Gasteiger partial charge in [-0.2, -0.15) is 0 Å². The maximum atomic E-state index is 12.1. The Morgan fingerprint density at radius 1 is 1.24 bits per heavy atom. The quantitative estimate of drug-likeness (QED) is 0.535. The number of carbonyl (C=O) groups is 1. The number of benzene rings is 1. The van der Waals surface area contributed by atoms with Gasteiger partial charge in [-0.25, -0.2) is 4.98 Å². The third-order valence-corrected chi connectivity index (χ3v) is 4.23. The second-order valence-corrected chi connectivity index (χ2v) is 5.63. The van der Waals surface area contributed by atoms with E-state index in [0.29, 0.717) is 5.56 Å². The maximum absolute atomic E-state index is 12.1. The van der Waals surface area contributed by atoms with Crippen LogP contribution in [0.3, 0.4) is 0 Å². The van der Waals surface area contributed by atoms with Gasteiger partial charge >= 0.3 is 0 Å². The number of hydrogen-bond donors (Lipinski definition) is 0. The molecule has 0 amide bonds. The van der Waals surface area contributed by atoms with Crippen LogP contribution in [0.15, 0.2) is 60.5 Å². The number of allylic oxidation sites excluding steroid dienone is 1. The van der Waals surface area contributed by atoms with Crippen molar-refractivity contribution in [3.05, 3.63) is 76.5 Å². The molecule has 0 bridgehead atoms. The van der Waals surface area contributed by atoms with E-state index in [-0.39, 0.29) is 5.78 Å².